The number of aryl methyl sites for hydroxylation is 1. The minimum atomic E-state index is 0.0580. The van der Waals surface area contributed by atoms with E-state index in [2.05, 4.69) is 16.8 Å². The number of rotatable bonds is 7. The van der Waals surface area contributed by atoms with Gasteiger partial charge >= 0.3 is 0 Å². The zero-order valence-electron chi connectivity index (χ0n) is 15.5. The Bertz CT molecular complexity index is 952. The van der Waals surface area contributed by atoms with Crippen molar-refractivity contribution in [2.75, 3.05) is 0 Å². The summed E-state index contributed by atoms with van der Waals surface area (Å²) in [6.07, 6.45) is 1.96. The zero-order chi connectivity index (χ0) is 19.4. The van der Waals surface area contributed by atoms with Crippen LogP contribution < -0.4 is 5.32 Å². The van der Waals surface area contributed by atoms with Gasteiger partial charge in [-0.05, 0) is 43.2 Å². The number of carbonyl (C=O) groups excluding carboxylic acids is 1. The second-order valence-electron chi connectivity index (χ2n) is 6.72. The van der Waals surface area contributed by atoms with E-state index in [1.807, 2.05) is 43.3 Å². The highest BCUT2D eigenvalue weighted by molar-refractivity contribution is 6.42. The summed E-state index contributed by atoms with van der Waals surface area (Å²) in [4.78, 5) is 17.0. The fourth-order valence-corrected chi connectivity index (χ4v) is 3.33. The Morgan fingerprint density at radius 3 is 2.70 bits per heavy atom. The number of nitrogens with one attached hydrogen (secondary N) is 1. The van der Waals surface area contributed by atoms with Crippen LogP contribution in [0.15, 0.2) is 42.5 Å². The molecule has 0 fully saturated rings. The standard InChI is InChI=1S/C21H23Cl2N3O/c1-3-14(2)24-21(27)10-11-26-19-7-5-4-6-18(19)25-20(26)13-15-8-9-16(22)17(23)12-15/h4-9,12,14H,3,10-11,13H2,1-2H3,(H,24,27)/t14-/m0/s1. The van der Waals surface area contributed by atoms with Crippen molar-refractivity contribution in [3.05, 3.63) is 63.9 Å². The number of hydrogen-bond acceptors (Lipinski definition) is 2. The molecular weight excluding hydrogens is 381 g/mol. The summed E-state index contributed by atoms with van der Waals surface area (Å²) in [7, 11) is 0. The van der Waals surface area contributed by atoms with Crippen molar-refractivity contribution in [3.63, 3.8) is 0 Å². The average Bonchev–Trinajstić information content (AvgIpc) is 3.00. The van der Waals surface area contributed by atoms with E-state index in [0.29, 0.717) is 29.4 Å². The molecule has 0 unspecified atom stereocenters. The normalized spacial score (nSPS) is 12.3. The minimum Gasteiger partial charge on any atom is -0.354 e. The predicted molar refractivity (Wildman–Crippen MR) is 112 cm³/mol. The molecule has 0 aliphatic heterocycles. The maximum atomic E-state index is 12.2. The molecule has 0 saturated carbocycles. The monoisotopic (exact) mass is 403 g/mol. The SMILES string of the molecule is CC[C@H](C)NC(=O)CCn1c(Cc2ccc(Cl)c(Cl)c2)nc2ccccc21. The smallest absolute Gasteiger partial charge is 0.221 e. The van der Waals surface area contributed by atoms with Gasteiger partial charge in [-0.25, -0.2) is 4.98 Å². The van der Waals surface area contributed by atoms with Gasteiger partial charge in [0.2, 0.25) is 5.91 Å². The lowest BCUT2D eigenvalue weighted by Crippen LogP contribution is -2.32. The lowest BCUT2D eigenvalue weighted by atomic mass is 10.1. The Labute approximate surface area is 169 Å². The molecule has 1 amide bonds. The third-order valence-corrected chi connectivity index (χ3v) is 5.40. The molecule has 6 heteroatoms. The van der Waals surface area contributed by atoms with Gasteiger partial charge in [0.15, 0.2) is 0 Å². The highest BCUT2D eigenvalue weighted by atomic mass is 35.5. The first-order chi connectivity index (χ1) is 13.0. The maximum Gasteiger partial charge on any atom is 0.221 e. The summed E-state index contributed by atoms with van der Waals surface area (Å²) in [6, 6.07) is 13.8. The third-order valence-electron chi connectivity index (χ3n) is 4.66. The van der Waals surface area contributed by atoms with Crippen molar-refractivity contribution in [3.8, 4) is 0 Å². The van der Waals surface area contributed by atoms with Gasteiger partial charge < -0.3 is 9.88 Å². The summed E-state index contributed by atoms with van der Waals surface area (Å²) in [5.74, 6) is 0.966. The number of benzene rings is 2. The summed E-state index contributed by atoms with van der Waals surface area (Å²) in [5.41, 5.74) is 2.99. The molecule has 2 aromatic carbocycles. The molecule has 1 N–H and O–H groups in total. The first-order valence-corrected chi connectivity index (χ1v) is 9.91. The molecule has 0 radical (unpaired) electrons. The number of halogens is 2. The molecule has 0 spiro atoms. The van der Waals surface area contributed by atoms with Crippen molar-refractivity contribution in [2.45, 2.75) is 45.7 Å². The van der Waals surface area contributed by atoms with E-state index >= 15 is 0 Å². The van der Waals surface area contributed by atoms with Gasteiger partial charge in [0.05, 0.1) is 21.1 Å². The molecule has 142 valence electrons. The molecule has 1 atom stereocenters. The summed E-state index contributed by atoms with van der Waals surface area (Å²) in [5, 5.41) is 4.09. The minimum absolute atomic E-state index is 0.0580. The first-order valence-electron chi connectivity index (χ1n) is 9.15. The van der Waals surface area contributed by atoms with Crippen LogP contribution in [-0.2, 0) is 17.8 Å². The quantitative estimate of drug-likeness (QED) is 0.586. The zero-order valence-corrected chi connectivity index (χ0v) is 17.0. The van der Waals surface area contributed by atoms with Gasteiger partial charge in [0.25, 0.3) is 0 Å². The van der Waals surface area contributed by atoms with E-state index in [9.17, 15) is 4.79 Å². The fourth-order valence-electron chi connectivity index (χ4n) is 3.00. The molecular formula is C21H23Cl2N3O. The van der Waals surface area contributed by atoms with Crippen LogP contribution in [0.5, 0.6) is 0 Å². The van der Waals surface area contributed by atoms with Gasteiger partial charge in [-0.3, -0.25) is 4.79 Å². The van der Waals surface area contributed by atoms with E-state index in [1.165, 1.54) is 0 Å². The van der Waals surface area contributed by atoms with Crippen LogP contribution in [0.2, 0.25) is 10.0 Å². The number of aromatic nitrogens is 2. The molecule has 0 aliphatic rings. The number of fused-ring (bicyclic) bond motifs is 1. The molecule has 0 bridgehead atoms. The fraction of sp³-hybridized carbons (Fsp3) is 0.333. The van der Waals surface area contributed by atoms with Crippen molar-refractivity contribution in [2.24, 2.45) is 0 Å². The first kappa shape index (κ1) is 19.7. The van der Waals surface area contributed by atoms with E-state index in [0.717, 1.165) is 28.8 Å². The van der Waals surface area contributed by atoms with Crippen molar-refractivity contribution in [1.82, 2.24) is 14.9 Å². The lowest BCUT2D eigenvalue weighted by Gasteiger charge is -2.13. The number of hydrogen-bond donors (Lipinski definition) is 1. The highest BCUT2D eigenvalue weighted by Gasteiger charge is 2.14. The van der Waals surface area contributed by atoms with Crippen LogP contribution in [0.25, 0.3) is 11.0 Å². The van der Waals surface area contributed by atoms with Crippen LogP contribution in [0, 0.1) is 0 Å². The number of nitrogens with zero attached hydrogens (tertiary/aromatic N) is 2. The van der Waals surface area contributed by atoms with Crippen LogP contribution in [0.4, 0.5) is 0 Å². The molecule has 4 nitrogen and oxygen atoms in total. The van der Waals surface area contributed by atoms with E-state index in [-0.39, 0.29) is 11.9 Å². The van der Waals surface area contributed by atoms with Gasteiger partial charge in [0, 0.05) is 25.4 Å². The van der Waals surface area contributed by atoms with Crippen LogP contribution in [0.1, 0.15) is 38.1 Å². The molecule has 3 rings (SSSR count). The van der Waals surface area contributed by atoms with Gasteiger partial charge in [0.1, 0.15) is 5.82 Å². The Morgan fingerprint density at radius 2 is 1.96 bits per heavy atom. The maximum absolute atomic E-state index is 12.2. The molecule has 0 aliphatic carbocycles. The second kappa shape index (κ2) is 8.77. The van der Waals surface area contributed by atoms with Crippen LogP contribution in [-0.4, -0.2) is 21.5 Å². The Kier molecular flexibility index (Phi) is 6.40. The molecule has 27 heavy (non-hydrogen) atoms. The largest absolute Gasteiger partial charge is 0.354 e. The van der Waals surface area contributed by atoms with Crippen LogP contribution >= 0.6 is 23.2 Å². The van der Waals surface area contributed by atoms with E-state index < -0.39 is 0 Å². The summed E-state index contributed by atoms with van der Waals surface area (Å²) < 4.78 is 2.12. The third kappa shape index (κ3) is 4.82. The summed E-state index contributed by atoms with van der Waals surface area (Å²) in [6.45, 7) is 4.66. The van der Waals surface area contributed by atoms with E-state index in [1.54, 1.807) is 6.07 Å². The molecule has 1 aromatic heterocycles. The topological polar surface area (TPSA) is 46.9 Å². The van der Waals surface area contributed by atoms with Crippen molar-refractivity contribution >= 4 is 40.1 Å². The highest BCUT2D eigenvalue weighted by Crippen LogP contribution is 2.25. The molecule has 3 aromatic rings. The van der Waals surface area contributed by atoms with Gasteiger partial charge in [-0.15, -0.1) is 0 Å². The molecule has 1 heterocycles. The number of para-hydroxylation sites is 2. The van der Waals surface area contributed by atoms with E-state index in [4.69, 9.17) is 28.2 Å². The Balaban J connectivity index is 1.85. The van der Waals surface area contributed by atoms with Crippen molar-refractivity contribution < 1.29 is 4.79 Å². The lowest BCUT2D eigenvalue weighted by molar-refractivity contribution is -0.121. The Hall–Kier alpha value is -2.04. The number of carbonyl (C=O) groups is 1. The van der Waals surface area contributed by atoms with Crippen LogP contribution in [0.3, 0.4) is 0 Å². The summed E-state index contributed by atoms with van der Waals surface area (Å²) >= 11 is 12.2. The predicted octanol–water partition coefficient (Wildman–Crippen LogP) is 5.24. The average molecular weight is 404 g/mol. The van der Waals surface area contributed by atoms with Gasteiger partial charge in [-0.2, -0.15) is 0 Å². The Morgan fingerprint density at radius 1 is 1.19 bits per heavy atom. The van der Waals surface area contributed by atoms with Crippen molar-refractivity contribution in [1.29, 1.82) is 0 Å². The second-order valence-corrected chi connectivity index (χ2v) is 7.53. The molecule has 0 saturated heterocycles. The van der Waals surface area contributed by atoms with Gasteiger partial charge in [-0.1, -0.05) is 48.3 Å². The number of amides is 1. The number of imidazole rings is 1.